The minimum atomic E-state index is 0.114. The molecule has 68 heavy (non-hydrogen) atoms. The van der Waals surface area contributed by atoms with Crippen molar-refractivity contribution in [2.45, 2.75) is 59.8 Å². The summed E-state index contributed by atoms with van der Waals surface area (Å²) in [6.45, 7) is 13.3. The number of para-hydroxylation sites is 1. The number of nitrogens with zero attached hydrogens (tertiary/aromatic N) is 3. The second kappa shape index (κ2) is 18.8. The number of phenolic OH excluding ortho intramolecular Hbond substituents is 1. The van der Waals surface area contributed by atoms with E-state index in [1.165, 1.54) is 33.4 Å². The Kier molecular flexibility index (Phi) is 12.2. The van der Waals surface area contributed by atoms with Gasteiger partial charge in [0.05, 0.1) is 22.3 Å². The van der Waals surface area contributed by atoms with Crippen molar-refractivity contribution >= 4 is 11.0 Å². The maximum atomic E-state index is 12.3. The molecule has 2 heterocycles. The number of aromatic nitrogens is 3. The maximum absolute atomic E-state index is 12.3. The monoisotopic (exact) mass is 883 g/mol. The third-order valence-corrected chi connectivity index (χ3v) is 13.2. The minimum absolute atomic E-state index is 0.114. The van der Waals surface area contributed by atoms with Crippen molar-refractivity contribution in [1.29, 1.82) is 0 Å². The molecule has 0 fully saturated rings. The molecule has 0 unspecified atom stereocenters. The zero-order chi connectivity index (χ0) is 46.9. The van der Waals surface area contributed by atoms with E-state index in [9.17, 15) is 5.11 Å². The molecule has 0 aliphatic carbocycles. The lowest BCUT2D eigenvalue weighted by Gasteiger charge is -2.19. The van der Waals surface area contributed by atoms with Crippen molar-refractivity contribution in [3.63, 3.8) is 0 Å². The molecule has 0 saturated carbocycles. The summed E-state index contributed by atoms with van der Waals surface area (Å²) >= 11 is 0. The Morgan fingerprint density at radius 2 is 1.06 bits per heavy atom. The zero-order valence-corrected chi connectivity index (χ0v) is 39.8. The number of imidazole rings is 1. The summed E-state index contributed by atoms with van der Waals surface area (Å²) in [7, 11) is 0. The highest BCUT2D eigenvalue weighted by atomic mass is 16.3. The van der Waals surface area contributed by atoms with Crippen molar-refractivity contribution < 1.29 is 5.11 Å². The summed E-state index contributed by atoms with van der Waals surface area (Å²) in [6.07, 6.45) is 2.83. The maximum Gasteiger partial charge on any atom is 0.149 e. The van der Waals surface area contributed by atoms with Crippen molar-refractivity contribution in [3.8, 4) is 89.7 Å². The topological polar surface area (TPSA) is 50.9 Å². The second-order valence-electron chi connectivity index (χ2n) is 19.1. The average Bonchev–Trinajstić information content (AvgIpc) is 3.76. The number of hydrogen-bond donors (Lipinski definition) is 1. The smallest absolute Gasteiger partial charge is 0.149 e. The van der Waals surface area contributed by atoms with E-state index in [4.69, 9.17) is 9.97 Å². The molecule has 0 spiro atoms. The molecule has 0 saturated heterocycles. The molecule has 0 amide bonds. The summed E-state index contributed by atoms with van der Waals surface area (Å²) in [5, 5.41) is 12.3. The summed E-state index contributed by atoms with van der Waals surface area (Å²) in [4.78, 5) is 10.6. The van der Waals surface area contributed by atoms with Crippen molar-refractivity contribution in [2.24, 2.45) is 5.92 Å². The predicted molar refractivity (Wildman–Crippen MR) is 285 cm³/mol. The van der Waals surface area contributed by atoms with Crippen LogP contribution in [0.2, 0.25) is 0 Å². The van der Waals surface area contributed by atoms with E-state index in [0.717, 1.165) is 78.9 Å². The second-order valence-corrected chi connectivity index (χ2v) is 19.1. The first kappa shape index (κ1) is 44.0. The van der Waals surface area contributed by atoms with Crippen LogP contribution in [0.5, 0.6) is 5.75 Å². The quantitative estimate of drug-likeness (QED) is 0.133. The van der Waals surface area contributed by atoms with Gasteiger partial charge in [-0.1, -0.05) is 181 Å². The number of phenols is 1. The third-order valence-electron chi connectivity index (χ3n) is 13.2. The van der Waals surface area contributed by atoms with Crippen LogP contribution in [0.3, 0.4) is 0 Å². The van der Waals surface area contributed by atoms with E-state index < -0.39 is 0 Å². The summed E-state index contributed by atoms with van der Waals surface area (Å²) in [5.41, 5.74) is 20.1. The Hall–Kier alpha value is -7.82. The molecule has 0 radical (unpaired) electrons. The van der Waals surface area contributed by atoms with E-state index in [-0.39, 0.29) is 17.6 Å². The Bertz CT molecular complexity index is 3380. The molecule has 4 heteroatoms. The Labute approximate surface area is 401 Å². The fraction of sp³-hybridized carbons (Fsp3) is 0.156. The predicted octanol–water partition coefficient (Wildman–Crippen LogP) is 17.2. The standard InChI is InChI=1S/C64H57N3O/c1-41(2)33-52-37-55(29-30-56(52)48-21-14-9-15-22-48)67-61-24-16-23-57(62(61)66-64(67)59-39-50(42(3)4)38-58(43(5)6)63(59)68)53-34-51(45-19-12-8-13-20-45)35-54(36-53)60-40-49(31-32-65-60)47-27-25-46(26-28-47)44-17-10-7-11-18-44/h7-32,34-43,68H,33H2,1-6H3. The summed E-state index contributed by atoms with van der Waals surface area (Å²) in [6, 6.07) is 69.2. The lowest BCUT2D eigenvalue weighted by molar-refractivity contribution is 0.466. The Balaban J connectivity index is 1.18. The van der Waals surface area contributed by atoms with Gasteiger partial charge in [0.15, 0.2) is 0 Å². The molecule has 334 valence electrons. The third kappa shape index (κ3) is 8.78. The summed E-state index contributed by atoms with van der Waals surface area (Å²) < 4.78 is 2.27. The zero-order valence-electron chi connectivity index (χ0n) is 39.8. The van der Waals surface area contributed by atoms with Gasteiger partial charge in [0.1, 0.15) is 11.6 Å². The fourth-order valence-electron chi connectivity index (χ4n) is 9.61. The first-order valence-corrected chi connectivity index (χ1v) is 24.0. The highest BCUT2D eigenvalue weighted by Gasteiger charge is 2.25. The Morgan fingerprint density at radius 1 is 0.456 bits per heavy atom. The van der Waals surface area contributed by atoms with E-state index in [1.807, 2.05) is 6.20 Å². The van der Waals surface area contributed by atoms with E-state index in [2.05, 4.69) is 240 Å². The van der Waals surface area contributed by atoms with Crippen LogP contribution < -0.4 is 0 Å². The minimum Gasteiger partial charge on any atom is -0.507 e. The van der Waals surface area contributed by atoms with Crippen LogP contribution in [0.4, 0.5) is 0 Å². The van der Waals surface area contributed by atoms with Crippen LogP contribution in [0.1, 0.15) is 70.1 Å². The fourth-order valence-corrected chi connectivity index (χ4v) is 9.61. The molecule has 8 aromatic carbocycles. The molecule has 10 aromatic rings. The molecule has 0 bridgehead atoms. The normalized spacial score (nSPS) is 11.6. The van der Waals surface area contributed by atoms with Crippen molar-refractivity contribution in [1.82, 2.24) is 14.5 Å². The van der Waals surface area contributed by atoms with Crippen LogP contribution >= 0.6 is 0 Å². The number of aromatic hydroxyl groups is 1. The molecule has 0 aliphatic rings. The first-order valence-electron chi connectivity index (χ1n) is 24.0. The molecule has 4 nitrogen and oxygen atoms in total. The van der Waals surface area contributed by atoms with Gasteiger partial charge in [0.2, 0.25) is 0 Å². The van der Waals surface area contributed by atoms with E-state index >= 15 is 0 Å². The Morgan fingerprint density at radius 3 is 1.71 bits per heavy atom. The molecule has 2 aromatic heterocycles. The van der Waals surface area contributed by atoms with Crippen LogP contribution in [0.15, 0.2) is 200 Å². The van der Waals surface area contributed by atoms with Crippen molar-refractivity contribution in [2.75, 3.05) is 0 Å². The molecule has 0 aliphatic heterocycles. The largest absolute Gasteiger partial charge is 0.507 e. The van der Waals surface area contributed by atoms with Gasteiger partial charge in [-0.2, -0.15) is 0 Å². The SMILES string of the molecule is CC(C)Cc1cc(-n2c(-c3cc(C(C)C)cc(C(C)C)c3O)nc3c(-c4cc(-c5ccccc5)cc(-c5cc(-c6ccc(-c7ccccc7)cc6)ccn5)c4)cccc32)ccc1-c1ccccc1. The van der Waals surface area contributed by atoms with Crippen LogP contribution in [-0.2, 0) is 6.42 Å². The van der Waals surface area contributed by atoms with Crippen LogP contribution in [-0.4, -0.2) is 19.6 Å². The number of benzene rings is 8. The van der Waals surface area contributed by atoms with Gasteiger partial charge in [-0.15, -0.1) is 0 Å². The molecular formula is C64H57N3O. The lowest BCUT2D eigenvalue weighted by Crippen LogP contribution is -2.04. The highest BCUT2D eigenvalue weighted by molar-refractivity contribution is 5.98. The van der Waals surface area contributed by atoms with Gasteiger partial charge < -0.3 is 5.11 Å². The molecular weight excluding hydrogens is 827 g/mol. The van der Waals surface area contributed by atoms with Gasteiger partial charge in [-0.3, -0.25) is 9.55 Å². The number of fused-ring (bicyclic) bond motifs is 1. The summed E-state index contributed by atoms with van der Waals surface area (Å²) in [5.74, 6) is 1.80. The van der Waals surface area contributed by atoms with Gasteiger partial charge in [0, 0.05) is 23.0 Å². The number of pyridine rings is 1. The van der Waals surface area contributed by atoms with Gasteiger partial charge in [-0.05, 0) is 146 Å². The number of rotatable bonds is 12. The number of hydrogen-bond acceptors (Lipinski definition) is 3. The van der Waals surface area contributed by atoms with E-state index in [0.29, 0.717) is 11.7 Å². The average molecular weight is 884 g/mol. The van der Waals surface area contributed by atoms with Gasteiger partial charge in [-0.25, -0.2) is 4.98 Å². The van der Waals surface area contributed by atoms with Crippen LogP contribution in [0, 0.1) is 5.92 Å². The molecule has 1 N–H and O–H groups in total. The lowest BCUT2D eigenvalue weighted by atomic mass is 9.91. The van der Waals surface area contributed by atoms with E-state index in [1.54, 1.807) is 0 Å². The van der Waals surface area contributed by atoms with Crippen molar-refractivity contribution in [3.05, 3.63) is 217 Å². The van der Waals surface area contributed by atoms with Gasteiger partial charge >= 0.3 is 0 Å². The molecule has 0 atom stereocenters. The van der Waals surface area contributed by atoms with Gasteiger partial charge in [0.25, 0.3) is 0 Å². The first-order chi connectivity index (χ1) is 33.1. The van der Waals surface area contributed by atoms with Crippen LogP contribution in [0.25, 0.3) is 95.0 Å². The molecule has 10 rings (SSSR count). The highest BCUT2D eigenvalue weighted by Crippen LogP contribution is 2.44.